The summed E-state index contributed by atoms with van der Waals surface area (Å²) in [6, 6.07) is 10.5. The second kappa shape index (κ2) is 6.28. The molecule has 1 aromatic rings. The van der Waals surface area contributed by atoms with Gasteiger partial charge in [-0.05, 0) is 37.0 Å². The minimum absolute atomic E-state index is 0.343. The predicted molar refractivity (Wildman–Crippen MR) is 80.4 cm³/mol. The van der Waals surface area contributed by atoms with Gasteiger partial charge in [0.1, 0.15) is 0 Å². The molecule has 4 heteroatoms. The van der Waals surface area contributed by atoms with E-state index in [0.717, 1.165) is 57.4 Å². The summed E-state index contributed by atoms with van der Waals surface area (Å²) < 4.78 is 0. The maximum atomic E-state index is 11.8. The highest BCUT2D eigenvalue weighted by molar-refractivity contribution is 5.78. The Kier molecular flexibility index (Phi) is 4.21. The van der Waals surface area contributed by atoms with Crippen LogP contribution in [0.25, 0.3) is 0 Å². The molecule has 4 nitrogen and oxygen atoms in total. The molecule has 0 unspecified atom stereocenters. The Morgan fingerprint density at radius 1 is 1.24 bits per heavy atom. The summed E-state index contributed by atoms with van der Waals surface area (Å²) in [5.41, 5.74) is 1.93. The van der Waals surface area contributed by atoms with Crippen molar-refractivity contribution < 1.29 is 4.79 Å². The first-order valence-corrected chi connectivity index (χ1v) is 7.77. The van der Waals surface area contributed by atoms with E-state index in [1.54, 1.807) is 0 Å². The molecule has 0 atom stereocenters. The van der Waals surface area contributed by atoms with Crippen LogP contribution in [0.2, 0.25) is 0 Å². The molecule has 3 rings (SSSR count). The molecule has 0 aromatic heterocycles. The topological polar surface area (TPSA) is 47.3 Å². The number of likely N-dealkylation sites (tertiary alicyclic amines) is 2. The van der Waals surface area contributed by atoms with E-state index in [-0.39, 0.29) is 0 Å². The van der Waals surface area contributed by atoms with Crippen molar-refractivity contribution in [1.29, 1.82) is 5.26 Å². The van der Waals surface area contributed by atoms with Crippen LogP contribution in [0.3, 0.4) is 0 Å². The Labute approximate surface area is 126 Å². The third-order valence-electron chi connectivity index (χ3n) is 4.57. The maximum absolute atomic E-state index is 11.8. The lowest BCUT2D eigenvalue weighted by molar-refractivity contribution is -0.130. The number of hydrogen-bond donors (Lipinski definition) is 0. The molecule has 0 spiro atoms. The lowest BCUT2D eigenvalue weighted by Crippen LogP contribution is -2.45. The van der Waals surface area contributed by atoms with E-state index < -0.39 is 0 Å². The van der Waals surface area contributed by atoms with Gasteiger partial charge in [-0.1, -0.05) is 12.1 Å². The summed E-state index contributed by atoms with van der Waals surface area (Å²) in [6.07, 6.45) is 3.91. The maximum Gasteiger partial charge on any atom is 0.222 e. The number of nitriles is 1. The monoisotopic (exact) mass is 283 g/mol. The largest absolute Gasteiger partial charge is 0.340 e. The zero-order valence-corrected chi connectivity index (χ0v) is 12.3. The van der Waals surface area contributed by atoms with Crippen LogP contribution in [0.5, 0.6) is 0 Å². The molecular weight excluding hydrogens is 262 g/mol. The second-order valence-corrected chi connectivity index (χ2v) is 6.01. The van der Waals surface area contributed by atoms with Crippen LogP contribution in [0.1, 0.15) is 36.8 Å². The third kappa shape index (κ3) is 3.25. The molecule has 0 bridgehead atoms. The minimum atomic E-state index is 0.343. The molecule has 2 fully saturated rings. The number of carbonyl (C=O) groups is 1. The standard InChI is InChI=1S/C17H21N3O/c18-12-14-3-1-4-15(11-14)13-19-9-6-16(7-10-19)20-8-2-5-17(20)21/h1,3-4,11,16H,2,5-10,13H2. The fourth-order valence-electron chi connectivity index (χ4n) is 3.44. The number of hydrogen-bond acceptors (Lipinski definition) is 3. The first kappa shape index (κ1) is 14.1. The van der Waals surface area contributed by atoms with Gasteiger partial charge in [0.2, 0.25) is 5.91 Å². The Bertz CT molecular complexity index is 555. The van der Waals surface area contributed by atoms with E-state index >= 15 is 0 Å². The van der Waals surface area contributed by atoms with Crippen LogP contribution < -0.4 is 0 Å². The van der Waals surface area contributed by atoms with E-state index in [1.807, 2.05) is 18.2 Å². The van der Waals surface area contributed by atoms with Crippen molar-refractivity contribution in [2.45, 2.75) is 38.3 Å². The van der Waals surface area contributed by atoms with Crippen molar-refractivity contribution in [3.63, 3.8) is 0 Å². The van der Waals surface area contributed by atoms with E-state index in [2.05, 4.69) is 21.9 Å². The smallest absolute Gasteiger partial charge is 0.222 e. The van der Waals surface area contributed by atoms with Gasteiger partial charge in [-0.3, -0.25) is 9.69 Å². The van der Waals surface area contributed by atoms with Gasteiger partial charge in [-0.25, -0.2) is 0 Å². The normalized spacial score (nSPS) is 20.7. The first-order valence-electron chi connectivity index (χ1n) is 7.77. The van der Waals surface area contributed by atoms with Crippen molar-refractivity contribution >= 4 is 5.91 Å². The number of rotatable bonds is 3. The van der Waals surface area contributed by atoms with Gasteiger partial charge in [0.15, 0.2) is 0 Å². The summed E-state index contributed by atoms with van der Waals surface area (Å²) in [5.74, 6) is 0.343. The highest BCUT2D eigenvalue weighted by Gasteiger charge is 2.30. The molecule has 0 radical (unpaired) electrons. The molecule has 2 aliphatic rings. The summed E-state index contributed by atoms with van der Waals surface area (Å²) >= 11 is 0. The van der Waals surface area contributed by atoms with E-state index in [4.69, 9.17) is 5.26 Å². The van der Waals surface area contributed by atoms with Crippen LogP contribution in [0.4, 0.5) is 0 Å². The van der Waals surface area contributed by atoms with E-state index in [0.29, 0.717) is 11.9 Å². The molecule has 110 valence electrons. The van der Waals surface area contributed by atoms with Gasteiger partial charge in [-0.2, -0.15) is 5.26 Å². The van der Waals surface area contributed by atoms with Gasteiger partial charge in [0, 0.05) is 38.6 Å². The lowest BCUT2D eigenvalue weighted by Gasteiger charge is -2.36. The molecule has 0 saturated carbocycles. The Morgan fingerprint density at radius 3 is 2.71 bits per heavy atom. The SMILES string of the molecule is N#Cc1cccc(CN2CCC(N3CCCC3=O)CC2)c1. The second-order valence-electron chi connectivity index (χ2n) is 6.01. The van der Waals surface area contributed by atoms with Gasteiger partial charge in [-0.15, -0.1) is 0 Å². The number of piperidine rings is 1. The van der Waals surface area contributed by atoms with Crippen molar-refractivity contribution in [3.05, 3.63) is 35.4 Å². The first-order chi connectivity index (χ1) is 10.3. The molecule has 2 heterocycles. The Morgan fingerprint density at radius 2 is 2.05 bits per heavy atom. The average Bonchev–Trinajstić information content (AvgIpc) is 2.94. The number of benzene rings is 1. The van der Waals surface area contributed by atoms with Crippen LogP contribution in [0, 0.1) is 11.3 Å². The van der Waals surface area contributed by atoms with Crippen LogP contribution in [0.15, 0.2) is 24.3 Å². The lowest BCUT2D eigenvalue weighted by atomic mass is 10.0. The summed E-state index contributed by atoms with van der Waals surface area (Å²) in [4.78, 5) is 16.3. The van der Waals surface area contributed by atoms with Gasteiger partial charge < -0.3 is 4.90 Å². The van der Waals surface area contributed by atoms with Gasteiger partial charge >= 0.3 is 0 Å². The van der Waals surface area contributed by atoms with Crippen molar-refractivity contribution in [1.82, 2.24) is 9.80 Å². The van der Waals surface area contributed by atoms with Crippen molar-refractivity contribution in [3.8, 4) is 6.07 Å². The predicted octanol–water partition coefficient (Wildman–Crippen LogP) is 2.15. The summed E-state index contributed by atoms with van der Waals surface area (Å²) in [6.45, 7) is 3.92. The highest BCUT2D eigenvalue weighted by Crippen LogP contribution is 2.23. The van der Waals surface area contributed by atoms with Crippen LogP contribution in [-0.2, 0) is 11.3 Å². The molecule has 1 amide bonds. The van der Waals surface area contributed by atoms with E-state index in [1.165, 1.54) is 5.56 Å². The van der Waals surface area contributed by atoms with Crippen molar-refractivity contribution in [2.24, 2.45) is 0 Å². The molecule has 0 aliphatic carbocycles. The van der Waals surface area contributed by atoms with E-state index in [9.17, 15) is 4.79 Å². The molecule has 2 aliphatic heterocycles. The molecule has 2 saturated heterocycles. The highest BCUT2D eigenvalue weighted by atomic mass is 16.2. The fourth-order valence-corrected chi connectivity index (χ4v) is 3.44. The Balaban J connectivity index is 1.54. The quantitative estimate of drug-likeness (QED) is 0.854. The zero-order chi connectivity index (χ0) is 14.7. The van der Waals surface area contributed by atoms with Crippen LogP contribution in [-0.4, -0.2) is 41.4 Å². The zero-order valence-electron chi connectivity index (χ0n) is 12.3. The number of nitrogens with zero attached hydrogens (tertiary/aromatic N) is 3. The van der Waals surface area contributed by atoms with Gasteiger partial charge in [0.25, 0.3) is 0 Å². The van der Waals surface area contributed by atoms with Gasteiger partial charge in [0.05, 0.1) is 11.6 Å². The molecular formula is C17H21N3O. The summed E-state index contributed by atoms with van der Waals surface area (Å²) in [5, 5.41) is 8.95. The number of amides is 1. The van der Waals surface area contributed by atoms with Crippen molar-refractivity contribution in [2.75, 3.05) is 19.6 Å². The summed E-state index contributed by atoms with van der Waals surface area (Å²) in [7, 11) is 0. The van der Waals surface area contributed by atoms with Crippen LogP contribution >= 0.6 is 0 Å². The average molecular weight is 283 g/mol. The Hall–Kier alpha value is -1.86. The third-order valence-corrected chi connectivity index (χ3v) is 4.57. The molecule has 0 N–H and O–H groups in total. The minimum Gasteiger partial charge on any atom is -0.340 e. The fraction of sp³-hybridized carbons (Fsp3) is 0.529. The molecule has 1 aromatic carbocycles. The number of carbonyl (C=O) groups excluding carboxylic acids is 1. The molecule has 21 heavy (non-hydrogen) atoms.